The number of aliphatic imine (C=N–C) groups is 1. The molecule has 0 saturated heterocycles. The molecule has 0 radical (unpaired) electrons. The van der Waals surface area contributed by atoms with E-state index in [1.807, 2.05) is 0 Å². The molecule has 21 heavy (non-hydrogen) atoms. The number of ether oxygens (including phenoxy) is 1. The highest BCUT2D eigenvalue weighted by atomic mass is 16.6. The molecule has 0 aromatic carbocycles. The van der Waals surface area contributed by atoms with E-state index in [2.05, 4.69) is 10.3 Å². The van der Waals surface area contributed by atoms with Crippen LogP contribution < -0.4 is 11.1 Å². The van der Waals surface area contributed by atoms with Crippen LogP contribution in [0.3, 0.4) is 0 Å². The number of hydrogen-bond donors (Lipinski definition) is 2. The number of guanidine groups is 1. The first-order valence-corrected chi connectivity index (χ1v) is 6.16. The predicted octanol–water partition coefficient (Wildman–Crippen LogP) is 0.984. The van der Waals surface area contributed by atoms with E-state index in [9.17, 15) is 14.9 Å². The molecular formula is C12H14N4O5. The van der Waals surface area contributed by atoms with Crippen LogP contribution in [0.4, 0.5) is 5.88 Å². The van der Waals surface area contributed by atoms with Crippen LogP contribution in [-0.4, -0.2) is 23.5 Å². The van der Waals surface area contributed by atoms with Crippen LogP contribution in [0.15, 0.2) is 32.8 Å². The summed E-state index contributed by atoms with van der Waals surface area (Å²) in [6.07, 6.45) is 0. The first-order chi connectivity index (χ1) is 9.93. The minimum atomic E-state index is -0.876. The van der Waals surface area contributed by atoms with Crippen LogP contribution in [-0.2, 0) is 9.53 Å². The van der Waals surface area contributed by atoms with Crippen molar-refractivity contribution in [1.82, 2.24) is 5.32 Å². The van der Waals surface area contributed by atoms with Crippen LogP contribution >= 0.6 is 0 Å². The van der Waals surface area contributed by atoms with Gasteiger partial charge >= 0.3 is 11.9 Å². The van der Waals surface area contributed by atoms with E-state index in [0.29, 0.717) is 5.70 Å². The molecule has 9 heteroatoms. The highest BCUT2D eigenvalue weighted by molar-refractivity contribution is 5.94. The summed E-state index contributed by atoms with van der Waals surface area (Å²) in [5, 5.41) is 13.4. The van der Waals surface area contributed by atoms with Gasteiger partial charge in [0.05, 0.1) is 18.2 Å². The van der Waals surface area contributed by atoms with Gasteiger partial charge in [-0.3, -0.25) is 10.1 Å². The van der Waals surface area contributed by atoms with Gasteiger partial charge in [-0.05, 0) is 19.9 Å². The third-order valence-corrected chi connectivity index (χ3v) is 2.82. The fourth-order valence-electron chi connectivity index (χ4n) is 1.97. The van der Waals surface area contributed by atoms with Gasteiger partial charge in [0, 0.05) is 5.70 Å². The van der Waals surface area contributed by atoms with Gasteiger partial charge in [0.1, 0.15) is 16.7 Å². The molecule has 1 aromatic heterocycles. The minimum Gasteiger partial charge on any atom is -0.463 e. The highest BCUT2D eigenvalue weighted by Gasteiger charge is 2.32. The van der Waals surface area contributed by atoms with E-state index in [4.69, 9.17) is 14.9 Å². The molecule has 1 atom stereocenters. The van der Waals surface area contributed by atoms with Crippen LogP contribution in [0.25, 0.3) is 0 Å². The Labute approximate surface area is 119 Å². The fourth-order valence-corrected chi connectivity index (χ4v) is 1.97. The van der Waals surface area contributed by atoms with Crippen molar-refractivity contribution in [3.05, 3.63) is 39.3 Å². The lowest BCUT2D eigenvalue weighted by Crippen LogP contribution is -2.37. The number of nitro groups is 1. The highest BCUT2D eigenvalue weighted by Crippen LogP contribution is 2.33. The lowest BCUT2D eigenvalue weighted by atomic mass is 10.0. The van der Waals surface area contributed by atoms with Crippen LogP contribution in [0, 0.1) is 10.1 Å². The largest absolute Gasteiger partial charge is 0.463 e. The van der Waals surface area contributed by atoms with Crippen molar-refractivity contribution in [2.24, 2.45) is 10.7 Å². The number of esters is 1. The third-order valence-electron chi connectivity index (χ3n) is 2.82. The van der Waals surface area contributed by atoms with E-state index in [1.54, 1.807) is 13.8 Å². The van der Waals surface area contributed by atoms with E-state index in [0.717, 1.165) is 0 Å². The average Bonchev–Trinajstić information content (AvgIpc) is 2.87. The van der Waals surface area contributed by atoms with Gasteiger partial charge < -0.3 is 20.2 Å². The fraction of sp³-hybridized carbons (Fsp3) is 0.333. The molecule has 0 aliphatic carbocycles. The molecule has 0 saturated carbocycles. The zero-order chi connectivity index (χ0) is 15.6. The number of carbonyl (C=O) groups is 1. The van der Waals surface area contributed by atoms with E-state index >= 15 is 0 Å². The zero-order valence-corrected chi connectivity index (χ0v) is 11.5. The van der Waals surface area contributed by atoms with Crippen molar-refractivity contribution in [3.63, 3.8) is 0 Å². The molecule has 112 valence electrons. The van der Waals surface area contributed by atoms with Crippen molar-refractivity contribution >= 4 is 17.8 Å². The van der Waals surface area contributed by atoms with Crippen LogP contribution in [0.1, 0.15) is 25.6 Å². The van der Waals surface area contributed by atoms with Crippen molar-refractivity contribution in [2.45, 2.75) is 19.9 Å². The number of hydrogen-bond acceptors (Lipinski definition) is 8. The summed E-state index contributed by atoms with van der Waals surface area (Å²) in [7, 11) is 0. The Hall–Kier alpha value is -2.84. The molecule has 0 amide bonds. The summed E-state index contributed by atoms with van der Waals surface area (Å²) >= 11 is 0. The zero-order valence-electron chi connectivity index (χ0n) is 11.5. The van der Waals surface area contributed by atoms with Gasteiger partial charge in [0.2, 0.25) is 0 Å². The Morgan fingerprint density at radius 3 is 2.90 bits per heavy atom. The summed E-state index contributed by atoms with van der Waals surface area (Å²) < 4.78 is 10.1. The summed E-state index contributed by atoms with van der Waals surface area (Å²) in [5.41, 5.74) is 6.30. The van der Waals surface area contributed by atoms with Crippen molar-refractivity contribution < 1.29 is 18.9 Å². The lowest BCUT2D eigenvalue weighted by Gasteiger charge is -2.22. The smallest absolute Gasteiger partial charge is 0.433 e. The second-order valence-corrected chi connectivity index (χ2v) is 4.23. The number of nitrogens with zero attached hydrogens (tertiary/aromatic N) is 2. The van der Waals surface area contributed by atoms with Crippen molar-refractivity contribution in [2.75, 3.05) is 6.61 Å². The number of furan rings is 1. The molecular weight excluding hydrogens is 280 g/mol. The van der Waals surface area contributed by atoms with E-state index in [-0.39, 0.29) is 23.9 Å². The van der Waals surface area contributed by atoms with Gasteiger partial charge in [-0.15, -0.1) is 0 Å². The van der Waals surface area contributed by atoms with Crippen molar-refractivity contribution in [3.8, 4) is 0 Å². The quantitative estimate of drug-likeness (QED) is 0.480. The monoisotopic (exact) mass is 294 g/mol. The SMILES string of the molecule is CCOC(=O)C1=C(C)NC(N)=N[C@@H]1c1ccc([N+](=O)[O-])o1. The number of rotatable bonds is 4. The third kappa shape index (κ3) is 2.86. The number of nitrogens with one attached hydrogen (secondary N) is 1. The summed E-state index contributed by atoms with van der Waals surface area (Å²) in [4.78, 5) is 26.1. The first kappa shape index (κ1) is 14.6. The molecule has 0 unspecified atom stereocenters. The van der Waals surface area contributed by atoms with Crippen molar-refractivity contribution in [1.29, 1.82) is 0 Å². The predicted molar refractivity (Wildman–Crippen MR) is 72.2 cm³/mol. The Kier molecular flexibility index (Phi) is 3.92. The number of allylic oxidation sites excluding steroid dienone is 1. The maximum Gasteiger partial charge on any atom is 0.433 e. The Balaban J connectivity index is 2.42. The summed E-state index contributed by atoms with van der Waals surface area (Å²) in [6, 6.07) is 1.71. The second kappa shape index (κ2) is 5.65. The molecule has 1 aliphatic rings. The topological polar surface area (TPSA) is 133 Å². The maximum absolute atomic E-state index is 12.0. The number of carbonyl (C=O) groups excluding carboxylic acids is 1. The van der Waals surface area contributed by atoms with Crippen LogP contribution in [0.5, 0.6) is 0 Å². The molecule has 2 heterocycles. The normalized spacial score (nSPS) is 18.0. The molecule has 2 rings (SSSR count). The number of nitrogens with two attached hydrogens (primary N) is 1. The maximum atomic E-state index is 12.0. The summed E-state index contributed by atoms with van der Waals surface area (Å²) in [6.45, 7) is 3.51. The molecule has 0 bridgehead atoms. The minimum absolute atomic E-state index is 0.0876. The van der Waals surface area contributed by atoms with Gasteiger partial charge in [-0.25, -0.2) is 9.79 Å². The molecule has 9 nitrogen and oxygen atoms in total. The molecule has 3 N–H and O–H groups in total. The Morgan fingerprint density at radius 2 is 2.33 bits per heavy atom. The van der Waals surface area contributed by atoms with Crippen LogP contribution in [0.2, 0.25) is 0 Å². The molecule has 1 aliphatic heterocycles. The standard InChI is InChI=1S/C12H14N4O5/c1-3-20-11(17)9-6(2)14-12(13)15-10(9)7-4-5-8(21-7)16(18)19/h4-5,10H,3H2,1-2H3,(H3,13,14,15)/t10-/m1/s1. The van der Waals surface area contributed by atoms with Gasteiger partial charge in [-0.2, -0.15) is 0 Å². The molecule has 0 spiro atoms. The van der Waals surface area contributed by atoms with Gasteiger partial charge in [0.15, 0.2) is 5.96 Å². The van der Waals surface area contributed by atoms with Gasteiger partial charge in [0.25, 0.3) is 0 Å². The molecule has 0 fully saturated rings. The Morgan fingerprint density at radius 1 is 1.62 bits per heavy atom. The molecule has 1 aromatic rings. The Bertz CT molecular complexity index is 646. The van der Waals surface area contributed by atoms with E-state index < -0.39 is 22.8 Å². The van der Waals surface area contributed by atoms with Gasteiger partial charge in [-0.1, -0.05) is 0 Å². The summed E-state index contributed by atoms with van der Waals surface area (Å²) in [5.74, 6) is -0.779. The van der Waals surface area contributed by atoms with E-state index in [1.165, 1.54) is 12.1 Å². The lowest BCUT2D eigenvalue weighted by molar-refractivity contribution is -0.402. The average molecular weight is 294 g/mol. The first-order valence-electron chi connectivity index (χ1n) is 6.16. The second-order valence-electron chi connectivity index (χ2n) is 4.23.